The fraction of sp³-hybridized carbons (Fsp3) is 0.667. The zero-order valence-corrected chi connectivity index (χ0v) is 8.03. The maximum absolute atomic E-state index is 5.93. The Balaban J connectivity index is 2.28. The van der Waals surface area contributed by atoms with Crippen LogP contribution in [-0.4, -0.2) is 22.4 Å². The first kappa shape index (κ1) is 8.72. The maximum atomic E-state index is 5.93. The highest BCUT2D eigenvalue weighted by molar-refractivity contribution is 5.21. The van der Waals surface area contributed by atoms with Crippen molar-refractivity contribution in [2.45, 2.75) is 25.5 Å². The van der Waals surface area contributed by atoms with Crippen molar-refractivity contribution in [1.82, 2.24) is 9.78 Å². The Morgan fingerprint density at radius 3 is 2.92 bits per heavy atom. The molecule has 1 aromatic rings. The summed E-state index contributed by atoms with van der Waals surface area (Å²) in [7, 11) is 1.91. The van der Waals surface area contributed by atoms with Crippen molar-refractivity contribution in [3.63, 3.8) is 0 Å². The summed E-state index contributed by atoms with van der Waals surface area (Å²) < 4.78 is 7.37. The first-order valence-electron chi connectivity index (χ1n) is 4.56. The molecule has 1 aliphatic heterocycles. The van der Waals surface area contributed by atoms with E-state index >= 15 is 0 Å². The van der Waals surface area contributed by atoms with Gasteiger partial charge in [-0.3, -0.25) is 4.68 Å². The highest BCUT2D eigenvalue weighted by Crippen LogP contribution is 2.29. The summed E-state index contributed by atoms with van der Waals surface area (Å²) in [4.78, 5) is 0. The lowest BCUT2D eigenvalue weighted by Gasteiger charge is -2.12. The van der Waals surface area contributed by atoms with Crippen molar-refractivity contribution in [2.75, 3.05) is 6.61 Å². The molecule has 0 aliphatic carbocycles. The Labute approximate surface area is 77.7 Å². The van der Waals surface area contributed by atoms with Crippen LogP contribution in [0.5, 0.6) is 0 Å². The van der Waals surface area contributed by atoms with Crippen LogP contribution in [0.4, 0.5) is 0 Å². The molecule has 0 spiro atoms. The normalized spacial score (nSPS) is 28.2. The second kappa shape index (κ2) is 3.12. The SMILES string of the molecule is Cc1nn(C)cc1[C@H]1OCC[C@@H]1N. The molecule has 2 atom stereocenters. The van der Waals surface area contributed by atoms with Crippen molar-refractivity contribution < 1.29 is 4.74 Å². The molecule has 2 N–H and O–H groups in total. The van der Waals surface area contributed by atoms with Gasteiger partial charge in [-0.25, -0.2) is 0 Å². The minimum atomic E-state index is 0.0497. The van der Waals surface area contributed by atoms with E-state index in [1.807, 2.05) is 20.2 Å². The second-order valence-corrected chi connectivity index (χ2v) is 3.59. The van der Waals surface area contributed by atoms with Crippen molar-refractivity contribution >= 4 is 0 Å². The third kappa shape index (κ3) is 1.47. The predicted octanol–water partition coefficient (Wildman–Crippen LogP) is 0.517. The number of aromatic nitrogens is 2. The van der Waals surface area contributed by atoms with Crippen molar-refractivity contribution in [2.24, 2.45) is 12.8 Å². The fourth-order valence-corrected chi connectivity index (χ4v) is 1.82. The first-order valence-corrected chi connectivity index (χ1v) is 4.56. The van der Waals surface area contributed by atoms with Crippen LogP contribution in [0.2, 0.25) is 0 Å². The molecular formula is C9H15N3O. The molecule has 4 heteroatoms. The standard InChI is InChI=1S/C9H15N3O/c1-6-7(5-12(2)11-6)9-8(10)3-4-13-9/h5,8-9H,3-4,10H2,1-2H3/t8-,9+/m0/s1. The molecule has 0 amide bonds. The number of hydrogen-bond acceptors (Lipinski definition) is 3. The molecule has 1 fully saturated rings. The van der Waals surface area contributed by atoms with Gasteiger partial charge in [-0.2, -0.15) is 5.10 Å². The van der Waals surface area contributed by atoms with Crippen LogP contribution in [0.3, 0.4) is 0 Å². The summed E-state index contributed by atoms with van der Waals surface area (Å²) in [5.41, 5.74) is 8.08. The Bertz CT molecular complexity index is 308. The van der Waals surface area contributed by atoms with E-state index in [0.29, 0.717) is 0 Å². The molecule has 2 heterocycles. The Hall–Kier alpha value is -0.870. The van der Waals surface area contributed by atoms with Crippen molar-refractivity contribution in [3.05, 3.63) is 17.5 Å². The van der Waals surface area contributed by atoms with Crippen LogP contribution in [0.25, 0.3) is 0 Å². The van der Waals surface area contributed by atoms with Crippen molar-refractivity contribution in [3.8, 4) is 0 Å². The summed E-state index contributed by atoms with van der Waals surface area (Å²) >= 11 is 0. The van der Waals surface area contributed by atoms with Gasteiger partial charge in [0.2, 0.25) is 0 Å². The summed E-state index contributed by atoms with van der Waals surface area (Å²) in [5.74, 6) is 0. The van der Waals surface area contributed by atoms with Gasteiger partial charge in [0.15, 0.2) is 0 Å². The Kier molecular flexibility index (Phi) is 2.09. The molecule has 0 saturated carbocycles. The summed E-state index contributed by atoms with van der Waals surface area (Å²) in [6.45, 7) is 2.75. The number of ether oxygens (including phenoxy) is 1. The average Bonchev–Trinajstić information content (AvgIpc) is 2.58. The molecule has 1 saturated heterocycles. The van der Waals surface area contributed by atoms with Crippen LogP contribution < -0.4 is 5.73 Å². The van der Waals surface area contributed by atoms with Gasteiger partial charge >= 0.3 is 0 Å². The van der Waals surface area contributed by atoms with Gasteiger partial charge in [0, 0.05) is 31.5 Å². The van der Waals surface area contributed by atoms with Crippen LogP contribution in [0.1, 0.15) is 23.8 Å². The van der Waals surface area contributed by atoms with E-state index in [0.717, 1.165) is 24.3 Å². The fourth-order valence-electron chi connectivity index (χ4n) is 1.82. The summed E-state index contributed by atoms with van der Waals surface area (Å²) in [5, 5.41) is 4.27. The zero-order valence-electron chi connectivity index (χ0n) is 8.03. The lowest BCUT2D eigenvalue weighted by Crippen LogP contribution is -2.23. The topological polar surface area (TPSA) is 53.1 Å². The molecule has 0 radical (unpaired) electrons. The van der Waals surface area contributed by atoms with E-state index in [2.05, 4.69) is 5.10 Å². The van der Waals surface area contributed by atoms with Crippen molar-refractivity contribution in [1.29, 1.82) is 0 Å². The van der Waals surface area contributed by atoms with Crippen LogP contribution in [0.15, 0.2) is 6.20 Å². The molecular weight excluding hydrogens is 166 g/mol. The Morgan fingerprint density at radius 1 is 1.69 bits per heavy atom. The highest BCUT2D eigenvalue weighted by Gasteiger charge is 2.28. The molecule has 1 aliphatic rings. The summed E-state index contributed by atoms with van der Waals surface area (Å²) in [6, 6.07) is 0.128. The Morgan fingerprint density at radius 2 is 2.46 bits per heavy atom. The average molecular weight is 181 g/mol. The molecule has 4 nitrogen and oxygen atoms in total. The van der Waals surface area contributed by atoms with Gasteiger partial charge in [0.05, 0.1) is 5.69 Å². The number of aryl methyl sites for hydroxylation is 2. The minimum absolute atomic E-state index is 0.0497. The van der Waals surface area contributed by atoms with Gasteiger partial charge in [0.25, 0.3) is 0 Å². The third-order valence-corrected chi connectivity index (χ3v) is 2.50. The number of nitrogens with two attached hydrogens (primary N) is 1. The first-order chi connectivity index (χ1) is 6.18. The van der Waals surface area contributed by atoms with Gasteiger partial charge in [-0.15, -0.1) is 0 Å². The van der Waals surface area contributed by atoms with Gasteiger partial charge < -0.3 is 10.5 Å². The minimum Gasteiger partial charge on any atom is -0.372 e. The lowest BCUT2D eigenvalue weighted by atomic mass is 10.0. The van der Waals surface area contributed by atoms with Crippen LogP contribution >= 0.6 is 0 Å². The predicted molar refractivity (Wildman–Crippen MR) is 49.2 cm³/mol. The van der Waals surface area contributed by atoms with E-state index < -0.39 is 0 Å². The van der Waals surface area contributed by atoms with Gasteiger partial charge in [0.1, 0.15) is 6.10 Å². The number of nitrogens with zero attached hydrogens (tertiary/aromatic N) is 2. The molecule has 0 unspecified atom stereocenters. The monoisotopic (exact) mass is 181 g/mol. The number of rotatable bonds is 1. The number of hydrogen-bond donors (Lipinski definition) is 1. The van der Waals surface area contributed by atoms with Gasteiger partial charge in [-0.1, -0.05) is 0 Å². The van der Waals surface area contributed by atoms with E-state index in [4.69, 9.17) is 10.5 Å². The third-order valence-electron chi connectivity index (χ3n) is 2.50. The van der Waals surface area contributed by atoms with Crippen LogP contribution in [0, 0.1) is 6.92 Å². The molecule has 1 aromatic heterocycles. The molecule has 0 aromatic carbocycles. The molecule has 13 heavy (non-hydrogen) atoms. The molecule has 0 bridgehead atoms. The van der Waals surface area contributed by atoms with E-state index in [1.54, 1.807) is 4.68 Å². The highest BCUT2D eigenvalue weighted by atomic mass is 16.5. The van der Waals surface area contributed by atoms with E-state index in [9.17, 15) is 0 Å². The molecule has 72 valence electrons. The maximum Gasteiger partial charge on any atom is 0.101 e. The zero-order chi connectivity index (χ0) is 9.42. The molecule has 2 rings (SSSR count). The van der Waals surface area contributed by atoms with E-state index in [-0.39, 0.29) is 12.1 Å². The summed E-state index contributed by atoms with van der Waals surface area (Å²) in [6.07, 6.45) is 2.98. The second-order valence-electron chi connectivity index (χ2n) is 3.59. The van der Waals surface area contributed by atoms with Gasteiger partial charge in [-0.05, 0) is 13.3 Å². The largest absolute Gasteiger partial charge is 0.372 e. The quantitative estimate of drug-likeness (QED) is 0.687. The lowest BCUT2D eigenvalue weighted by molar-refractivity contribution is 0.104. The van der Waals surface area contributed by atoms with E-state index in [1.165, 1.54) is 0 Å². The van der Waals surface area contributed by atoms with Crippen LogP contribution in [-0.2, 0) is 11.8 Å². The smallest absolute Gasteiger partial charge is 0.101 e.